The molecule has 3 rings (SSSR count). The zero-order valence-corrected chi connectivity index (χ0v) is 15.3. The summed E-state index contributed by atoms with van der Waals surface area (Å²) in [6, 6.07) is 11.0. The summed E-state index contributed by atoms with van der Waals surface area (Å²) in [4.78, 5) is 38.1. The molecule has 1 N–H and O–H groups in total. The van der Waals surface area contributed by atoms with Crippen LogP contribution < -0.4 is 10.2 Å². The molecule has 0 aliphatic carbocycles. The number of urea groups is 1. The van der Waals surface area contributed by atoms with Crippen LogP contribution in [0.25, 0.3) is 6.08 Å². The molecule has 0 aromatic heterocycles. The van der Waals surface area contributed by atoms with E-state index in [1.54, 1.807) is 30.3 Å². The van der Waals surface area contributed by atoms with E-state index in [1.165, 1.54) is 6.08 Å². The lowest BCUT2D eigenvalue weighted by Crippen LogP contribution is -2.54. The quantitative estimate of drug-likeness (QED) is 0.631. The van der Waals surface area contributed by atoms with E-state index in [0.29, 0.717) is 21.3 Å². The number of nitrogens with zero attached hydrogens (tertiary/aromatic N) is 1. The Morgan fingerprint density at radius 1 is 1.00 bits per heavy atom. The molecule has 1 fully saturated rings. The number of anilines is 1. The van der Waals surface area contributed by atoms with Gasteiger partial charge in [-0.2, -0.15) is 0 Å². The minimum absolute atomic E-state index is 0.223. The fourth-order valence-electron chi connectivity index (χ4n) is 2.57. The number of amides is 4. The van der Waals surface area contributed by atoms with Gasteiger partial charge in [0, 0.05) is 15.6 Å². The predicted octanol–water partition coefficient (Wildman–Crippen LogP) is 4.22. The molecule has 0 radical (unpaired) electrons. The molecular formula is C19H14Cl2N2O3. The van der Waals surface area contributed by atoms with Crippen molar-refractivity contribution in [3.63, 3.8) is 0 Å². The smallest absolute Gasteiger partial charge is 0.273 e. The summed E-state index contributed by atoms with van der Waals surface area (Å²) in [6.07, 6.45) is 2.12. The molecular weight excluding hydrogens is 375 g/mol. The lowest BCUT2D eigenvalue weighted by molar-refractivity contribution is -0.122. The normalized spacial score (nSPS) is 16.2. The van der Waals surface area contributed by atoms with E-state index < -0.39 is 17.8 Å². The maximum Gasteiger partial charge on any atom is 0.335 e. The predicted molar refractivity (Wildman–Crippen MR) is 101 cm³/mol. The van der Waals surface area contributed by atoms with Gasteiger partial charge in [-0.1, -0.05) is 48.3 Å². The number of nitrogens with one attached hydrogen (secondary N) is 1. The van der Waals surface area contributed by atoms with Gasteiger partial charge in [0.05, 0.1) is 5.69 Å². The third-order valence-electron chi connectivity index (χ3n) is 3.99. The van der Waals surface area contributed by atoms with Crippen molar-refractivity contribution in [2.45, 2.75) is 13.3 Å². The average Bonchev–Trinajstić information content (AvgIpc) is 2.61. The van der Waals surface area contributed by atoms with E-state index >= 15 is 0 Å². The van der Waals surface area contributed by atoms with Crippen LogP contribution in [0.15, 0.2) is 48.0 Å². The third kappa shape index (κ3) is 3.36. The second-order valence-electron chi connectivity index (χ2n) is 5.61. The lowest BCUT2D eigenvalue weighted by Gasteiger charge is -2.26. The number of aryl methyl sites for hydroxylation is 1. The van der Waals surface area contributed by atoms with Gasteiger partial charge in [0.25, 0.3) is 11.8 Å². The fraction of sp³-hybridized carbons (Fsp3) is 0.105. The van der Waals surface area contributed by atoms with Crippen LogP contribution in [0.5, 0.6) is 0 Å². The van der Waals surface area contributed by atoms with Gasteiger partial charge in [-0.15, -0.1) is 0 Å². The van der Waals surface area contributed by atoms with Crippen molar-refractivity contribution in [2.24, 2.45) is 0 Å². The van der Waals surface area contributed by atoms with Crippen LogP contribution in [-0.2, 0) is 16.0 Å². The molecule has 7 heteroatoms. The highest BCUT2D eigenvalue weighted by molar-refractivity contribution is 6.41. The Balaban J connectivity index is 2.04. The van der Waals surface area contributed by atoms with Gasteiger partial charge in [0.1, 0.15) is 5.57 Å². The third-order valence-corrected chi connectivity index (χ3v) is 4.65. The Bertz CT molecular complexity index is 916. The Morgan fingerprint density at radius 3 is 2.19 bits per heavy atom. The summed E-state index contributed by atoms with van der Waals surface area (Å²) >= 11 is 12.2. The maximum absolute atomic E-state index is 12.8. The zero-order chi connectivity index (χ0) is 18.8. The Hall–Kier alpha value is -2.63. The van der Waals surface area contributed by atoms with E-state index in [-0.39, 0.29) is 5.57 Å². The molecule has 0 bridgehead atoms. The molecule has 5 nitrogen and oxygen atoms in total. The van der Waals surface area contributed by atoms with E-state index in [1.807, 2.05) is 19.1 Å². The Kier molecular flexibility index (Phi) is 5.11. The molecule has 2 aromatic carbocycles. The molecule has 1 heterocycles. The monoisotopic (exact) mass is 388 g/mol. The summed E-state index contributed by atoms with van der Waals surface area (Å²) in [5.41, 5.74) is 1.55. The number of hydrogen-bond acceptors (Lipinski definition) is 3. The number of benzene rings is 2. The first-order valence-corrected chi connectivity index (χ1v) is 8.62. The van der Waals surface area contributed by atoms with Gasteiger partial charge >= 0.3 is 6.03 Å². The topological polar surface area (TPSA) is 66.5 Å². The van der Waals surface area contributed by atoms with Gasteiger partial charge in [-0.25, -0.2) is 9.69 Å². The second-order valence-corrected chi connectivity index (χ2v) is 6.43. The highest BCUT2D eigenvalue weighted by atomic mass is 35.5. The summed E-state index contributed by atoms with van der Waals surface area (Å²) in [5.74, 6) is -1.53. The van der Waals surface area contributed by atoms with Crippen LogP contribution in [0.1, 0.15) is 18.1 Å². The van der Waals surface area contributed by atoms with Gasteiger partial charge in [-0.05, 0) is 42.3 Å². The van der Waals surface area contributed by atoms with Crippen LogP contribution >= 0.6 is 23.2 Å². The van der Waals surface area contributed by atoms with Crippen molar-refractivity contribution < 1.29 is 14.4 Å². The van der Waals surface area contributed by atoms with Crippen LogP contribution in [-0.4, -0.2) is 17.8 Å². The average molecular weight is 389 g/mol. The summed E-state index contributed by atoms with van der Waals surface area (Å²) in [6.45, 7) is 2.00. The van der Waals surface area contributed by atoms with E-state index in [9.17, 15) is 14.4 Å². The lowest BCUT2D eigenvalue weighted by atomic mass is 10.1. The standard InChI is InChI=1S/C19H14Cl2N2O3/c1-2-11-6-8-12(9-7-11)23-18(25)14(17(24)22-19(23)26)10-13-15(20)4-3-5-16(13)21/h3-10H,2H2,1H3,(H,22,24,26)/b14-10-. The minimum atomic E-state index is -0.799. The molecule has 0 atom stereocenters. The molecule has 132 valence electrons. The first kappa shape index (κ1) is 18.2. The summed E-state index contributed by atoms with van der Waals surface area (Å²) < 4.78 is 0. The Morgan fingerprint density at radius 2 is 1.62 bits per heavy atom. The van der Waals surface area contributed by atoms with Crippen LogP contribution in [0.2, 0.25) is 10.0 Å². The first-order valence-electron chi connectivity index (χ1n) is 7.86. The van der Waals surface area contributed by atoms with E-state index in [4.69, 9.17) is 23.2 Å². The molecule has 4 amide bonds. The second kappa shape index (κ2) is 7.32. The molecule has 2 aromatic rings. The Labute approximate surface area is 160 Å². The fourth-order valence-corrected chi connectivity index (χ4v) is 3.07. The summed E-state index contributed by atoms with van der Waals surface area (Å²) in [5, 5.41) is 2.75. The highest BCUT2D eigenvalue weighted by Gasteiger charge is 2.37. The van der Waals surface area contributed by atoms with Gasteiger partial charge in [-0.3, -0.25) is 14.9 Å². The maximum atomic E-state index is 12.8. The number of halogens is 2. The molecule has 1 aliphatic rings. The van der Waals surface area contributed by atoms with Gasteiger partial charge in [0.2, 0.25) is 0 Å². The number of imide groups is 2. The number of barbiturate groups is 1. The van der Waals surface area contributed by atoms with E-state index in [0.717, 1.165) is 16.9 Å². The molecule has 0 spiro atoms. The number of carbonyl (C=O) groups is 3. The number of hydrogen-bond donors (Lipinski definition) is 1. The van der Waals surface area contributed by atoms with Crippen molar-refractivity contribution in [1.29, 1.82) is 0 Å². The first-order chi connectivity index (χ1) is 12.4. The zero-order valence-electron chi connectivity index (χ0n) is 13.8. The van der Waals surface area contributed by atoms with Crippen molar-refractivity contribution in [3.8, 4) is 0 Å². The van der Waals surface area contributed by atoms with Crippen molar-refractivity contribution in [2.75, 3.05) is 4.90 Å². The number of carbonyl (C=O) groups excluding carboxylic acids is 3. The SMILES string of the molecule is CCc1ccc(N2C(=O)NC(=O)/C(=C/c3c(Cl)cccc3Cl)C2=O)cc1. The molecule has 0 saturated carbocycles. The van der Waals surface area contributed by atoms with Crippen molar-refractivity contribution >= 4 is 52.8 Å². The molecule has 1 saturated heterocycles. The largest absolute Gasteiger partial charge is 0.335 e. The highest BCUT2D eigenvalue weighted by Crippen LogP contribution is 2.29. The van der Waals surface area contributed by atoms with Crippen molar-refractivity contribution in [3.05, 3.63) is 69.2 Å². The molecule has 0 unspecified atom stereocenters. The molecule has 26 heavy (non-hydrogen) atoms. The molecule has 1 aliphatic heterocycles. The minimum Gasteiger partial charge on any atom is -0.273 e. The van der Waals surface area contributed by atoms with Crippen LogP contribution in [0.4, 0.5) is 10.5 Å². The summed E-state index contributed by atoms with van der Waals surface area (Å²) in [7, 11) is 0. The van der Waals surface area contributed by atoms with Crippen LogP contribution in [0, 0.1) is 0 Å². The number of rotatable bonds is 3. The van der Waals surface area contributed by atoms with Gasteiger partial charge in [0.15, 0.2) is 0 Å². The van der Waals surface area contributed by atoms with Crippen molar-refractivity contribution in [1.82, 2.24) is 5.32 Å². The van der Waals surface area contributed by atoms with E-state index in [2.05, 4.69) is 5.32 Å². The van der Waals surface area contributed by atoms with Crippen LogP contribution in [0.3, 0.4) is 0 Å². The van der Waals surface area contributed by atoms with Gasteiger partial charge < -0.3 is 0 Å².